The van der Waals surface area contributed by atoms with Crippen LogP contribution >= 0.6 is 0 Å². The van der Waals surface area contributed by atoms with Gasteiger partial charge in [0.05, 0.1) is 13.2 Å². The number of aromatic nitrogens is 1. The number of rotatable bonds is 8. The van der Waals surface area contributed by atoms with Gasteiger partial charge in [-0.05, 0) is 62.1 Å². The molecule has 1 aliphatic carbocycles. The lowest BCUT2D eigenvalue weighted by molar-refractivity contribution is -0.134. The van der Waals surface area contributed by atoms with Gasteiger partial charge in [-0.2, -0.15) is 0 Å². The molecule has 2 aromatic rings. The molecule has 1 aromatic carbocycles. The Balaban J connectivity index is 1.40. The molecular formula is C28H36N4O6. The number of aliphatic hydroxyl groups is 1. The van der Waals surface area contributed by atoms with Gasteiger partial charge in [0.1, 0.15) is 24.1 Å². The molecule has 0 spiro atoms. The van der Waals surface area contributed by atoms with Crippen molar-refractivity contribution in [1.82, 2.24) is 20.5 Å². The summed E-state index contributed by atoms with van der Waals surface area (Å²) in [6.45, 7) is 0.343. The number of hydrogen-bond donors (Lipinski definition) is 4. The monoisotopic (exact) mass is 524 g/mol. The minimum atomic E-state index is -0.988. The molecule has 2 saturated heterocycles. The van der Waals surface area contributed by atoms with Crippen LogP contribution < -0.4 is 15.4 Å². The number of ether oxygens (including phenoxy) is 1. The molecule has 1 unspecified atom stereocenters. The Bertz CT molecular complexity index is 1230. The maximum absolute atomic E-state index is 13.8. The summed E-state index contributed by atoms with van der Waals surface area (Å²) in [6, 6.07) is 5.59. The molecule has 5 rings (SSSR count). The van der Waals surface area contributed by atoms with Crippen molar-refractivity contribution < 1.29 is 29.0 Å². The quantitative estimate of drug-likeness (QED) is 0.415. The van der Waals surface area contributed by atoms with E-state index in [0.29, 0.717) is 31.0 Å². The second kappa shape index (κ2) is 11.1. The number of carbonyl (C=O) groups excluding carboxylic acids is 4. The zero-order chi connectivity index (χ0) is 26.8. The van der Waals surface area contributed by atoms with Crippen LogP contribution in [-0.4, -0.2) is 77.4 Å². The number of nitrogens with zero attached hydrogens (tertiary/aromatic N) is 1. The van der Waals surface area contributed by atoms with Crippen LogP contribution in [0.1, 0.15) is 55.4 Å². The lowest BCUT2D eigenvalue weighted by Gasteiger charge is -2.31. The number of carbonyl (C=O) groups is 4. The zero-order valence-electron chi connectivity index (χ0n) is 21.7. The molecule has 0 radical (unpaired) electrons. The fourth-order valence-electron chi connectivity index (χ4n) is 6.58. The Kier molecular flexibility index (Phi) is 7.69. The van der Waals surface area contributed by atoms with Crippen LogP contribution in [0.5, 0.6) is 5.75 Å². The van der Waals surface area contributed by atoms with E-state index < -0.39 is 36.3 Å². The predicted octanol–water partition coefficient (Wildman–Crippen LogP) is 1.77. The third kappa shape index (κ3) is 5.01. The summed E-state index contributed by atoms with van der Waals surface area (Å²) in [5, 5.41) is 16.0. The van der Waals surface area contributed by atoms with E-state index in [2.05, 4.69) is 15.6 Å². The number of H-pyrrole nitrogens is 1. The molecule has 3 fully saturated rings. The van der Waals surface area contributed by atoms with E-state index in [1.165, 1.54) is 0 Å². The fourth-order valence-corrected chi connectivity index (χ4v) is 6.58. The topological polar surface area (TPSA) is 141 Å². The van der Waals surface area contributed by atoms with E-state index in [1.807, 2.05) is 18.2 Å². The number of piperidine rings is 1. The Morgan fingerprint density at radius 3 is 2.76 bits per heavy atom. The van der Waals surface area contributed by atoms with Gasteiger partial charge >= 0.3 is 0 Å². The molecule has 3 heterocycles. The number of aromatic amines is 1. The van der Waals surface area contributed by atoms with E-state index in [4.69, 9.17) is 4.74 Å². The first kappa shape index (κ1) is 26.2. The molecule has 0 bridgehead atoms. The van der Waals surface area contributed by atoms with Crippen molar-refractivity contribution in [2.24, 2.45) is 17.8 Å². The van der Waals surface area contributed by atoms with Gasteiger partial charge in [0, 0.05) is 29.9 Å². The molecule has 10 nitrogen and oxygen atoms in total. The van der Waals surface area contributed by atoms with Crippen molar-refractivity contribution >= 4 is 34.4 Å². The van der Waals surface area contributed by atoms with Gasteiger partial charge in [0.2, 0.25) is 11.8 Å². The third-order valence-corrected chi connectivity index (χ3v) is 8.52. The van der Waals surface area contributed by atoms with Crippen molar-refractivity contribution in [3.63, 3.8) is 0 Å². The van der Waals surface area contributed by atoms with Crippen molar-refractivity contribution in [3.05, 3.63) is 30.0 Å². The normalized spacial score (nSPS) is 25.9. The first-order valence-electron chi connectivity index (χ1n) is 13.6. The van der Waals surface area contributed by atoms with Crippen LogP contribution in [0.25, 0.3) is 10.9 Å². The largest absolute Gasteiger partial charge is 0.496 e. The van der Waals surface area contributed by atoms with Gasteiger partial charge in [-0.1, -0.05) is 18.9 Å². The molecule has 5 atom stereocenters. The van der Waals surface area contributed by atoms with Crippen molar-refractivity contribution in [2.75, 3.05) is 26.8 Å². The number of ketones is 1. The molecule has 10 heteroatoms. The number of methoxy groups -OCH3 is 1. The highest BCUT2D eigenvalue weighted by Crippen LogP contribution is 2.41. The molecular weight excluding hydrogens is 488 g/mol. The average molecular weight is 525 g/mol. The Labute approximate surface area is 221 Å². The third-order valence-electron chi connectivity index (χ3n) is 8.52. The van der Waals surface area contributed by atoms with E-state index in [0.717, 1.165) is 43.0 Å². The first-order valence-corrected chi connectivity index (χ1v) is 13.6. The Morgan fingerprint density at radius 2 is 2.00 bits per heavy atom. The van der Waals surface area contributed by atoms with Crippen LogP contribution in [-0.2, 0) is 14.4 Å². The zero-order valence-corrected chi connectivity index (χ0v) is 21.7. The maximum Gasteiger partial charge on any atom is 0.271 e. The molecule has 204 valence electrons. The highest BCUT2D eigenvalue weighted by Gasteiger charge is 2.49. The molecule has 3 aliphatic rings. The number of nitrogens with one attached hydrogen (secondary N) is 3. The summed E-state index contributed by atoms with van der Waals surface area (Å²) >= 11 is 0. The van der Waals surface area contributed by atoms with Crippen molar-refractivity contribution in [3.8, 4) is 5.75 Å². The Morgan fingerprint density at radius 1 is 1.18 bits per heavy atom. The van der Waals surface area contributed by atoms with Gasteiger partial charge in [-0.15, -0.1) is 0 Å². The second-order valence-electron chi connectivity index (χ2n) is 10.8. The second-order valence-corrected chi connectivity index (χ2v) is 10.8. The SMILES string of the molecule is COc1cccc2[nH]c(C(=O)N3C[C@@H]4CCCC[C@@H]4[C@H]3C(=O)NC(C[C@@H]3CCCNC3=O)C(=O)CO)cc12. The number of benzene rings is 1. The fraction of sp³-hybridized carbons (Fsp3) is 0.571. The summed E-state index contributed by atoms with van der Waals surface area (Å²) in [4.78, 5) is 57.4. The minimum Gasteiger partial charge on any atom is -0.496 e. The van der Waals surface area contributed by atoms with E-state index in [-0.39, 0.29) is 30.1 Å². The molecule has 2 aliphatic heterocycles. The maximum atomic E-state index is 13.8. The number of amides is 3. The smallest absolute Gasteiger partial charge is 0.271 e. The van der Waals surface area contributed by atoms with Crippen LogP contribution in [0.3, 0.4) is 0 Å². The lowest BCUT2D eigenvalue weighted by Crippen LogP contribution is -2.54. The van der Waals surface area contributed by atoms with Gasteiger partial charge < -0.3 is 30.4 Å². The van der Waals surface area contributed by atoms with Crippen molar-refractivity contribution in [2.45, 2.75) is 57.0 Å². The number of hydrogen-bond acceptors (Lipinski definition) is 6. The summed E-state index contributed by atoms with van der Waals surface area (Å²) in [7, 11) is 1.58. The standard InChI is InChI=1S/C28H36N4O6/c1-38-24-10-4-9-20-19(24)13-22(30-20)28(37)32-14-17-6-2-3-8-18(17)25(32)27(36)31-21(23(34)15-33)12-16-7-5-11-29-26(16)35/h4,9-10,13,16-18,21,25,30,33H,2-3,5-8,11-12,14-15H2,1H3,(H,29,35)(H,31,36)/t16-,17-,18-,21?,25-/m0/s1. The average Bonchev–Trinajstić information content (AvgIpc) is 3.55. The van der Waals surface area contributed by atoms with Gasteiger partial charge in [-0.25, -0.2) is 0 Å². The molecule has 3 amide bonds. The summed E-state index contributed by atoms with van der Waals surface area (Å²) < 4.78 is 5.44. The highest BCUT2D eigenvalue weighted by molar-refractivity contribution is 6.02. The van der Waals surface area contributed by atoms with Crippen LogP contribution in [0, 0.1) is 17.8 Å². The number of fused-ring (bicyclic) bond motifs is 2. The molecule has 1 aromatic heterocycles. The van der Waals surface area contributed by atoms with E-state index >= 15 is 0 Å². The molecule has 1 saturated carbocycles. The summed E-state index contributed by atoms with van der Waals surface area (Å²) in [5.41, 5.74) is 1.15. The highest BCUT2D eigenvalue weighted by atomic mass is 16.5. The first-order chi connectivity index (χ1) is 18.4. The van der Waals surface area contributed by atoms with Crippen LogP contribution in [0.15, 0.2) is 24.3 Å². The van der Waals surface area contributed by atoms with Crippen molar-refractivity contribution in [1.29, 1.82) is 0 Å². The summed E-state index contributed by atoms with van der Waals surface area (Å²) in [5.74, 6) is -0.892. The number of aliphatic hydroxyl groups excluding tert-OH is 1. The van der Waals surface area contributed by atoms with Gasteiger partial charge in [-0.3, -0.25) is 19.2 Å². The van der Waals surface area contributed by atoms with Crippen LogP contribution in [0.2, 0.25) is 0 Å². The molecule has 4 N–H and O–H groups in total. The Hall–Kier alpha value is -3.40. The number of likely N-dealkylation sites (tertiary alicyclic amines) is 1. The van der Waals surface area contributed by atoms with E-state index in [9.17, 15) is 24.3 Å². The van der Waals surface area contributed by atoms with E-state index in [1.54, 1.807) is 18.1 Å². The predicted molar refractivity (Wildman–Crippen MR) is 139 cm³/mol. The molecule has 38 heavy (non-hydrogen) atoms. The summed E-state index contributed by atoms with van der Waals surface area (Å²) in [6.07, 6.45) is 5.37. The van der Waals surface area contributed by atoms with Gasteiger partial charge in [0.25, 0.3) is 5.91 Å². The van der Waals surface area contributed by atoms with Crippen LogP contribution in [0.4, 0.5) is 0 Å². The van der Waals surface area contributed by atoms with Gasteiger partial charge in [0.15, 0.2) is 5.78 Å². The lowest BCUT2D eigenvalue weighted by atomic mass is 9.78. The minimum absolute atomic E-state index is 0.00512. The number of Topliss-reactive ketones (excluding diaryl/α,β-unsaturated/α-hetero) is 1.